The topological polar surface area (TPSA) is 12.0 Å². The van der Waals surface area contributed by atoms with Gasteiger partial charge in [-0.1, -0.05) is 6.92 Å². The van der Waals surface area contributed by atoms with E-state index >= 15 is 0 Å². The number of nitrogens with one attached hydrogen (secondary N) is 1. The third-order valence-electron chi connectivity index (χ3n) is 2.31. The lowest BCUT2D eigenvalue weighted by atomic mass is 10.1. The van der Waals surface area contributed by atoms with E-state index in [9.17, 15) is 0 Å². The van der Waals surface area contributed by atoms with Crippen molar-refractivity contribution >= 4 is 22.9 Å². The van der Waals surface area contributed by atoms with Crippen LogP contribution in [0.25, 0.3) is 0 Å². The van der Waals surface area contributed by atoms with Crippen LogP contribution in [-0.4, -0.2) is 11.9 Å². The third kappa shape index (κ3) is 3.67. The highest BCUT2D eigenvalue weighted by atomic mass is 35.5. The lowest BCUT2D eigenvalue weighted by Gasteiger charge is -2.18. The number of hydrogen-bond acceptors (Lipinski definition) is 2. The second-order valence-electron chi connectivity index (χ2n) is 3.43. The maximum absolute atomic E-state index is 5.77. The zero-order chi connectivity index (χ0) is 9.68. The van der Waals surface area contributed by atoms with Crippen LogP contribution in [0.4, 0.5) is 0 Å². The Hall–Kier alpha value is -0.0500. The fourth-order valence-electron chi connectivity index (χ4n) is 1.01. The lowest BCUT2D eigenvalue weighted by molar-refractivity contribution is 0.430. The predicted octanol–water partition coefficient (Wildman–Crippen LogP) is 3.10. The molecule has 0 aromatic carbocycles. The number of halogens is 1. The highest BCUT2D eigenvalue weighted by Gasteiger charge is 2.09. The Balaban J connectivity index is 2.26. The molecule has 0 aliphatic heterocycles. The molecule has 2 unspecified atom stereocenters. The van der Waals surface area contributed by atoms with E-state index in [1.807, 2.05) is 0 Å². The number of alkyl halides is 1. The molecule has 13 heavy (non-hydrogen) atoms. The van der Waals surface area contributed by atoms with Crippen LogP contribution in [0, 0.1) is 5.92 Å². The average molecular weight is 218 g/mol. The van der Waals surface area contributed by atoms with Gasteiger partial charge in [-0.3, -0.25) is 0 Å². The maximum Gasteiger partial charge on any atom is 0.0263 e. The zero-order valence-electron chi connectivity index (χ0n) is 8.09. The van der Waals surface area contributed by atoms with E-state index < -0.39 is 0 Å². The monoisotopic (exact) mass is 217 g/mol. The van der Waals surface area contributed by atoms with E-state index in [0.717, 1.165) is 12.4 Å². The van der Waals surface area contributed by atoms with Crippen molar-refractivity contribution in [1.82, 2.24) is 5.32 Å². The molecular weight excluding hydrogens is 202 g/mol. The SMILES string of the molecule is CC(CCl)C(C)NCc1ccsc1. The summed E-state index contributed by atoms with van der Waals surface area (Å²) in [4.78, 5) is 0. The van der Waals surface area contributed by atoms with Gasteiger partial charge in [0.1, 0.15) is 0 Å². The molecule has 0 spiro atoms. The Kier molecular flexibility index (Phi) is 4.78. The van der Waals surface area contributed by atoms with Gasteiger partial charge in [0, 0.05) is 18.5 Å². The maximum atomic E-state index is 5.77. The molecule has 1 aromatic heterocycles. The minimum atomic E-state index is 0.484. The summed E-state index contributed by atoms with van der Waals surface area (Å²) in [5.41, 5.74) is 1.36. The third-order valence-corrected chi connectivity index (χ3v) is 3.52. The highest BCUT2D eigenvalue weighted by Crippen LogP contribution is 2.08. The normalized spacial score (nSPS) is 15.6. The molecule has 0 radical (unpaired) electrons. The average Bonchev–Trinajstić information content (AvgIpc) is 2.65. The van der Waals surface area contributed by atoms with Crippen molar-refractivity contribution in [2.75, 3.05) is 5.88 Å². The van der Waals surface area contributed by atoms with Gasteiger partial charge in [0.05, 0.1) is 0 Å². The van der Waals surface area contributed by atoms with Crippen molar-refractivity contribution < 1.29 is 0 Å². The highest BCUT2D eigenvalue weighted by molar-refractivity contribution is 7.07. The van der Waals surface area contributed by atoms with Gasteiger partial charge in [-0.2, -0.15) is 11.3 Å². The summed E-state index contributed by atoms with van der Waals surface area (Å²) in [6.07, 6.45) is 0. The summed E-state index contributed by atoms with van der Waals surface area (Å²) in [6, 6.07) is 2.63. The summed E-state index contributed by atoms with van der Waals surface area (Å²) in [5.74, 6) is 1.25. The molecule has 1 rings (SSSR count). The predicted molar refractivity (Wildman–Crippen MR) is 60.5 cm³/mol. The number of hydrogen-bond donors (Lipinski definition) is 1. The Labute approximate surface area is 89.1 Å². The van der Waals surface area contributed by atoms with E-state index in [2.05, 4.69) is 36.0 Å². The Morgan fingerprint density at radius 1 is 1.54 bits per heavy atom. The van der Waals surface area contributed by atoms with Gasteiger partial charge in [-0.15, -0.1) is 11.6 Å². The molecule has 0 aliphatic carbocycles. The van der Waals surface area contributed by atoms with E-state index in [1.54, 1.807) is 11.3 Å². The molecule has 1 N–H and O–H groups in total. The first-order valence-corrected chi connectivity index (χ1v) is 6.02. The van der Waals surface area contributed by atoms with E-state index in [1.165, 1.54) is 5.56 Å². The van der Waals surface area contributed by atoms with E-state index in [4.69, 9.17) is 11.6 Å². The van der Waals surface area contributed by atoms with Crippen molar-refractivity contribution in [3.63, 3.8) is 0 Å². The quantitative estimate of drug-likeness (QED) is 0.748. The largest absolute Gasteiger partial charge is 0.310 e. The smallest absolute Gasteiger partial charge is 0.0263 e. The second-order valence-corrected chi connectivity index (χ2v) is 4.52. The molecule has 1 aromatic rings. The molecule has 1 heterocycles. The molecule has 0 aliphatic rings. The molecule has 74 valence electrons. The van der Waals surface area contributed by atoms with Gasteiger partial charge in [-0.25, -0.2) is 0 Å². The van der Waals surface area contributed by atoms with Crippen LogP contribution in [0.15, 0.2) is 16.8 Å². The fourth-order valence-corrected chi connectivity index (χ4v) is 1.94. The molecule has 1 nitrogen and oxygen atoms in total. The van der Waals surface area contributed by atoms with E-state index in [0.29, 0.717) is 12.0 Å². The van der Waals surface area contributed by atoms with Crippen molar-refractivity contribution in [3.8, 4) is 0 Å². The van der Waals surface area contributed by atoms with Crippen molar-refractivity contribution in [3.05, 3.63) is 22.4 Å². The first-order chi connectivity index (χ1) is 6.24. The summed E-state index contributed by atoms with van der Waals surface area (Å²) in [6.45, 7) is 5.30. The molecule has 0 saturated heterocycles. The summed E-state index contributed by atoms with van der Waals surface area (Å²) in [7, 11) is 0. The van der Waals surface area contributed by atoms with Crippen LogP contribution in [-0.2, 0) is 6.54 Å². The summed E-state index contributed by atoms with van der Waals surface area (Å²) < 4.78 is 0. The van der Waals surface area contributed by atoms with Crippen LogP contribution < -0.4 is 5.32 Å². The molecule has 3 heteroatoms. The number of rotatable bonds is 5. The Morgan fingerprint density at radius 3 is 2.85 bits per heavy atom. The van der Waals surface area contributed by atoms with Crippen LogP contribution in [0.3, 0.4) is 0 Å². The first kappa shape index (κ1) is 11.0. The molecular formula is C10H16ClNS. The molecule has 0 bridgehead atoms. The summed E-state index contributed by atoms with van der Waals surface area (Å²) >= 11 is 7.51. The lowest BCUT2D eigenvalue weighted by Crippen LogP contribution is -2.32. The van der Waals surface area contributed by atoms with Crippen LogP contribution in [0.1, 0.15) is 19.4 Å². The van der Waals surface area contributed by atoms with Gasteiger partial charge < -0.3 is 5.32 Å². The fraction of sp³-hybridized carbons (Fsp3) is 0.600. The van der Waals surface area contributed by atoms with Crippen molar-refractivity contribution in [1.29, 1.82) is 0 Å². The summed E-state index contributed by atoms with van der Waals surface area (Å²) in [5, 5.41) is 7.73. The van der Waals surface area contributed by atoms with Gasteiger partial charge in [0.25, 0.3) is 0 Å². The minimum absolute atomic E-state index is 0.484. The van der Waals surface area contributed by atoms with Crippen LogP contribution in [0.2, 0.25) is 0 Å². The molecule has 0 amide bonds. The van der Waals surface area contributed by atoms with Gasteiger partial charge in [0.15, 0.2) is 0 Å². The molecule has 0 saturated carbocycles. The minimum Gasteiger partial charge on any atom is -0.310 e. The molecule has 0 fully saturated rings. The van der Waals surface area contributed by atoms with Crippen LogP contribution in [0.5, 0.6) is 0 Å². The van der Waals surface area contributed by atoms with Gasteiger partial charge in [-0.05, 0) is 35.2 Å². The van der Waals surface area contributed by atoms with Crippen molar-refractivity contribution in [2.24, 2.45) is 5.92 Å². The van der Waals surface area contributed by atoms with Crippen LogP contribution >= 0.6 is 22.9 Å². The first-order valence-electron chi connectivity index (χ1n) is 4.54. The zero-order valence-corrected chi connectivity index (χ0v) is 9.66. The molecule has 2 atom stereocenters. The Bertz CT molecular complexity index is 223. The Morgan fingerprint density at radius 2 is 2.31 bits per heavy atom. The van der Waals surface area contributed by atoms with Gasteiger partial charge in [0.2, 0.25) is 0 Å². The second kappa shape index (κ2) is 5.63. The van der Waals surface area contributed by atoms with Crippen molar-refractivity contribution in [2.45, 2.75) is 26.4 Å². The van der Waals surface area contributed by atoms with E-state index in [-0.39, 0.29) is 0 Å². The van der Waals surface area contributed by atoms with Gasteiger partial charge >= 0.3 is 0 Å². The standard InChI is InChI=1S/C10H16ClNS/c1-8(5-11)9(2)12-6-10-3-4-13-7-10/h3-4,7-9,12H,5-6H2,1-2H3. The number of thiophene rings is 1.